The number of urea groups is 1. The van der Waals surface area contributed by atoms with Crippen LogP contribution in [0.2, 0.25) is 0 Å². The van der Waals surface area contributed by atoms with Gasteiger partial charge >= 0.3 is 6.03 Å². The van der Waals surface area contributed by atoms with Crippen LogP contribution in [-0.2, 0) is 4.79 Å². The summed E-state index contributed by atoms with van der Waals surface area (Å²) in [4.78, 5) is 22.0. The number of rotatable bonds is 4. The highest BCUT2D eigenvalue weighted by molar-refractivity contribution is 8.00. The Morgan fingerprint density at radius 1 is 1.65 bits per heavy atom. The standard InChI is InChI=1S/C9H13N5O2S/c1-5(7(15)12-8(10)16)17-9-13-11-4-14(9)6-2-3-6/h4-6H,2-3H2,1H3,(H3,10,12,15,16). The maximum absolute atomic E-state index is 11.5. The topological polar surface area (TPSA) is 103 Å². The van der Waals surface area contributed by atoms with Crippen LogP contribution in [0.4, 0.5) is 4.79 Å². The minimum atomic E-state index is -0.842. The number of carbonyl (C=O) groups is 2. The zero-order valence-corrected chi connectivity index (χ0v) is 10.1. The van der Waals surface area contributed by atoms with Crippen LogP contribution in [-0.4, -0.2) is 32.0 Å². The van der Waals surface area contributed by atoms with Crippen molar-refractivity contribution in [2.45, 2.75) is 36.2 Å². The van der Waals surface area contributed by atoms with Crippen molar-refractivity contribution in [3.63, 3.8) is 0 Å². The van der Waals surface area contributed by atoms with E-state index in [4.69, 9.17) is 5.73 Å². The highest BCUT2D eigenvalue weighted by Gasteiger charge is 2.28. The lowest BCUT2D eigenvalue weighted by Crippen LogP contribution is -2.39. The van der Waals surface area contributed by atoms with Gasteiger partial charge in [-0.25, -0.2) is 4.79 Å². The van der Waals surface area contributed by atoms with Crippen molar-refractivity contribution >= 4 is 23.7 Å². The monoisotopic (exact) mass is 255 g/mol. The van der Waals surface area contributed by atoms with Gasteiger partial charge in [0.1, 0.15) is 6.33 Å². The van der Waals surface area contributed by atoms with Crippen LogP contribution in [0.25, 0.3) is 0 Å². The predicted octanol–water partition coefficient (Wildman–Crippen LogP) is 0.288. The van der Waals surface area contributed by atoms with Crippen molar-refractivity contribution in [2.24, 2.45) is 5.73 Å². The highest BCUT2D eigenvalue weighted by atomic mass is 32.2. The number of nitrogens with zero attached hydrogens (tertiary/aromatic N) is 3. The fourth-order valence-corrected chi connectivity index (χ4v) is 2.25. The molecule has 1 aliphatic rings. The van der Waals surface area contributed by atoms with E-state index >= 15 is 0 Å². The van der Waals surface area contributed by atoms with Gasteiger partial charge in [-0.1, -0.05) is 11.8 Å². The second-order valence-corrected chi connectivity index (χ2v) is 5.17. The van der Waals surface area contributed by atoms with Crippen LogP contribution in [0.1, 0.15) is 25.8 Å². The van der Waals surface area contributed by atoms with Crippen molar-refractivity contribution in [1.82, 2.24) is 20.1 Å². The molecule has 92 valence electrons. The van der Waals surface area contributed by atoms with Crippen LogP contribution in [0, 0.1) is 0 Å². The molecule has 1 fully saturated rings. The van der Waals surface area contributed by atoms with Gasteiger partial charge in [-0.15, -0.1) is 10.2 Å². The fraction of sp³-hybridized carbons (Fsp3) is 0.556. The number of aromatic nitrogens is 3. The molecule has 0 aliphatic heterocycles. The zero-order valence-electron chi connectivity index (χ0n) is 9.29. The minimum Gasteiger partial charge on any atom is -0.351 e. The second-order valence-electron chi connectivity index (χ2n) is 3.87. The van der Waals surface area contributed by atoms with E-state index < -0.39 is 17.2 Å². The van der Waals surface area contributed by atoms with Gasteiger partial charge < -0.3 is 10.3 Å². The molecule has 3 amide bonds. The number of nitrogens with one attached hydrogen (secondary N) is 1. The van der Waals surface area contributed by atoms with Gasteiger partial charge in [-0.3, -0.25) is 10.1 Å². The Hall–Kier alpha value is -1.57. The molecular weight excluding hydrogens is 242 g/mol. The summed E-state index contributed by atoms with van der Waals surface area (Å²) in [6, 6.07) is -0.384. The van der Waals surface area contributed by atoms with E-state index in [1.54, 1.807) is 13.3 Å². The lowest BCUT2D eigenvalue weighted by Gasteiger charge is -2.10. The third-order valence-electron chi connectivity index (χ3n) is 2.38. The molecule has 1 heterocycles. The summed E-state index contributed by atoms with van der Waals surface area (Å²) < 4.78 is 1.96. The molecule has 8 heteroatoms. The molecule has 0 saturated heterocycles. The van der Waals surface area contributed by atoms with Gasteiger partial charge in [0.05, 0.1) is 5.25 Å². The van der Waals surface area contributed by atoms with Crippen LogP contribution in [0.5, 0.6) is 0 Å². The smallest absolute Gasteiger partial charge is 0.318 e. The molecule has 7 nitrogen and oxygen atoms in total. The molecule has 0 spiro atoms. The summed E-state index contributed by atoms with van der Waals surface area (Å²) in [5.41, 5.74) is 4.88. The number of nitrogens with two attached hydrogens (primary N) is 1. The van der Waals surface area contributed by atoms with Gasteiger partial charge in [0.2, 0.25) is 5.91 Å². The lowest BCUT2D eigenvalue weighted by atomic mass is 10.4. The van der Waals surface area contributed by atoms with Crippen molar-refractivity contribution in [2.75, 3.05) is 0 Å². The Morgan fingerprint density at radius 2 is 2.35 bits per heavy atom. The largest absolute Gasteiger partial charge is 0.351 e. The number of carbonyl (C=O) groups excluding carboxylic acids is 2. The fourth-order valence-electron chi connectivity index (χ4n) is 1.35. The maximum atomic E-state index is 11.5. The third kappa shape index (κ3) is 2.96. The summed E-state index contributed by atoms with van der Waals surface area (Å²) in [7, 11) is 0. The van der Waals surface area contributed by atoms with Crippen LogP contribution >= 0.6 is 11.8 Å². The average Bonchev–Trinajstić information content (AvgIpc) is 2.99. The van der Waals surface area contributed by atoms with E-state index in [0.717, 1.165) is 12.8 Å². The molecule has 3 N–H and O–H groups in total. The summed E-state index contributed by atoms with van der Waals surface area (Å²) in [5, 5.41) is 10.1. The Morgan fingerprint density at radius 3 is 2.94 bits per heavy atom. The summed E-state index contributed by atoms with van der Waals surface area (Å²) in [6.45, 7) is 1.69. The lowest BCUT2D eigenvalue weighted by molar-refractivity contribution is -0.119. The average molecular weight is 255 g/mol. The normalized spacial score (nSPS) is 16.5. The first-order chi connectivity index (χ1) is 8.08. The van der Waals surface area contributed by atoms with Crippen molar-refractivity contribution in [3.05, 3.63) is 6.33 Å². The molecule has 17 heavy (non-hydrogen) atoms. The highest BCUT2D eigenvalue weighted by Crippen LogP contribution is 2.37. The number of amides is 3. The number of imide groups is 1. The SMILES string of the molecule is CC(Sc1nncn1C1CC1)C(=O)NC(N)=O. The molecule has 0 aromatic carbocycles. The first kappa shape index (κ1) is 11.9. The Balaban J connectivity index is 1.97. The number of hydrogen-bond acceptors (Lipinski definition) is 5. The molecule has 1 aromatic heterocycles. The zero-order chi connectivity index (χ0) is 12.4. The van der Waals surface area contributed by atoms with E-state index in [-0.39, 0.29) is 0 Å². The van der Waals surface area contributed by atoms with Gasteiger partial charge in [0.25, 0.3) is 0 Å². The summed E-state index contributed by atoms with van der Waals surface area (Å²) in [6.07, 6.45) is 3.90. The first-order valence-corrected chi connectivity index (χ1v) is 6.12. The van der Waals surface area contributed by atoms with Gasteiger partial charge in [0.15, 0.2) is 5.16 Å². The summed E-state index contributed by atoms with van der Waals surface area (Å²) >= 11 is 1.26. The van der Waals surface area contributed by atoms with E-state index in [0.29, 0.717) is 11.2 Å². The van der Waals surface area contributed by atoms with Crippen LogP contribution in [0.15, 0.2) is 11.5 Å². The second kappa shape index (κ2) is 4.74. The quantitative estimate of drug-likeness (QED) is 0.753. The molecule has 0 bridgehead atoms. The molecule has 1 aliphatic carbocycles. The van der Waals surface area contributed by atoms with Crippen molar-refractivity contribution < 1.29 is 9.59 Å². The maximum Gasteiger partial charge on any atom is 0.318 e. The first-order valence-electron chi connectivity index (χ1n) is 5.24. The third-order valence-corrected chi connectivity index (χ3v) is 3.45. The van der Waals surface area contributed by atoms with E-state index in [9.17, 15) is 9.59 Å². The predicted molar refractivity (Wildman–Crippen MR) is 61.3 cm³/mol. The number of primary amides is 1. The van der Waals surface area contributed by atoms with Gasteiger partial charge in [-0.2, -0.15) is 0 Å². The van der Waals surface area contributed by atoms with E-state index in [2.05, 4.69) is 10.2 Å². The molecule has 0 radical (unpaired) electrons. The summed E-state index contributed by atoms with van der Waals surface area (Å²) in [5.74, 6) is -0.423. The van der Waals surface area contributed by atoms with Crippen molar-refractivity contribution in [3.8, 4) is 0 Å². The van der Waals surface area contributed by atoms with Crippen LogP contribution in [0.3, 0.4) is 0 Å². The van der Waals surface area contributed by atoms with E-state index in [1.807, 2.05) is 9.88 Å². The molecular formula is C9H13N5O2S. The molecule has 1 atom stereocenters. The van der Waals surface area contributed by atoms with Gasteiger partial charge in [-0.05, 0) is 19.8 Å². The number of hydrogen-bond donors (Lipinski definition) is 2. The van der Waals surface area contributed by atoms with Crippen molar-refractivity contribution in [1.29, 1.82) is 0 Å². The molecule has 2 rings (SSSR count). The number of thioether (sulfide) groups is 1. The molecule has 1 aromatic rings. The Kier molecular flexibility index (Phi) is 3.32. The Labute approximate surface area is 102 Å². The van der Waals surface area contributed by atoms with Gasteiger partial charge in [0, 0.05) is 6.04 Å². The molecule has 1 unspecified atom stereocenters. The Bertz CT molecular complexity index is 442. The van der Waals surface area contributed by atoms with E-state index in [1.165, 1.54) is 11.8 Å². The molecule has 1 saturated carbocycles. The minimum absolute atomic E-state index is 0.423. The van der Waals surface area contributed by atoms with Crippen LogP contribution < -0.4 is 11.1 Å².